The van der Waals surface area contributed by atoms with Crippen molar-refractivity contribution in [3.8, 4) is 0 Å². The van der Waals surface area contributed by atoms with E-state index in [0.29, 0.717) is 0 Å². The molecule has 4 N–H and O–H groups in total. The highest BCUT2D eigenvalue weighted by Crippen LogP contribution is 2.29. The molecular weight excluding hydrogens is 512 g/mol. The summed E-state index contributed by atoms with van der Waals surface area (Å²) in [5, 5.41) is 2.36. The van der Waals surface area contributed by atoms with E-state index in [1.54, 1.807) is 12.2 Å². The number of sulfone groups is 1. The molecule has 6 heteroatoms. The fourth-order valence-corrected chi connectivity index (χ4v) is 5.47. The minimum atomic E-state index is -3.69. The minimum Gasteiger partial charge on any atom is -0.324 e. The van der Waals surface area contributed by atoms with Gasteiger partial charge in [-0.1, -0.05) is 133 Å². The number of hydrogen-bond acceptors (Lipinski definition) is 4. The lowest BCUT2D eigenvalue weighted by molar-refractivity contribution is 0.611. The van der Waals surface area contributed by atoms with Gasteiger partial charge in [0.25, 0.3) is 0 Å². The highest BCUT2D eigenvalue weighted by atomic mass is 35.5. The van der Waals surface area contributed by atoms with Crippen LogP contribution in [0.5, 0.6) is 0 Å². The van der Waals surface area contributed by atoms with E-state index >= 15 is 0 Å². The summed E-state index contributed by atoms with van der Waals surface area (Å²) in [7, 11) is -3.69. The zero-order valence-electron chi connectivity index (χ0n) is 21.0. The zero-order valence-corrected chi connectivity index (χ0v) is 22.6. The molecule has 0 aromatic heterocycles. The van der Waals surface area contributed by atoms with E-state index in [0.717, 1.165) is 22.3 Å². The predicted molar refractivity (Wildman–Crippen MR) is 160 cm³/mol. The number of hydrogen-bond donors (Lipinski definition) is 2. The van der Waals surface area contributed by atoms with Crippen LogP contribution in [0.25, 0.3) is 0 Å². The van der Waals surface area contributed by atoms with Crippen molar-refractivity contribution in [2.75, 3.05) is 0 Å². The summed E-state index contributed by atoms with van der Waals surface area (Å²) in [4.78, 5) is 0. The average molecular weight is 545 g/mol. The van der Waals surface area contributed by atoms with Crippen LogP contribution in [0.1, 0.15) is 34.1 Å². The molecule has 0 amide bonds. The lowest BCUT2D eigenvalue weighted by Gasteiger charge is -2.23. The molecule has 0 saturated heterocycles. The number of benzene rings is 4. The van der Waals surface area contributed by atoms with Crippen molar-refractivity contribution >= 4 is 22.2 Å². The maximum absolute atomic E-state index is 12.9. The maximum atomic E-state index is 12.9. The van der Waals surface area contributed by atoms with Gasteiger partial charge in [-0.3, -0.25) is 0 Å². The standard InChI is InChI=1S/C32H32N2O2S.ClH/c33-29(31(25-13-5-1-6-14-25)26-15-7-2-8-16-26)21-23-37(35,36)24-22-30(34)32(27-17-9-3-10-18-27)28-19-11-4-12-20-28;/h1-24,29-32H,33-34H2;1H/t29-,30-;/m1./s1. The van der Waals surface area contributed by atoms with Crippen molar-refractivity contribution < 1.29 is 8.42 Å². The maximum Gasteiger partial charge on any atom is 0.192 e. The lowest BCUT2D eigenvalue weighted by atomic mass is 9.85. The molecule has 0 unspecified atom stereocenters. The van der Waals surface area contributed by atoms with Crippen LogP contribution >= 0.6 is 12.4 Å². The van der Waals surface area contributed by atoms with Crippen LogP contribution in [0.15, 0.2) is 144 Å². The van der Waals surface area contributed by atoms with Crippen molar-refractivity contribution in [2.24, 2.45) is 11.5 Å². The summed E-state index contributed by atoms with van der Waals surface area (Å²) >= 11 is 0. The molecule has 0 fully saturated rings. The van der Waals surface area contributed by atoms with Crippen molar-refractivity contribution in [3.05, 3.63) is 167 Å². The normalized spacial score (nSPS) is 13.6. The van der Waals surface area contributed by atoms with Crippen LogP contribution in [0.4, 0.5) is 0 Å². The van der Waals surface area contributed by atoms with Gasteiger partial charge in [-0.25, -0.2) is 8.42 Å². The van der Waals surface area contributed by atoms with E-state index in [1.165, 1.54) is 10.8 Å². The topological polar surface area (TPSA) is 86.2 Å². The first-order valence-electron chi connectivity index (χ1n) is 12.3. The molecule has 0 radical (unpaired) electrons. The van der Waals surface area contributed by atoms with Crippen LogP contribution in [-0.4, -0.2) is 20.5 Å². The Morgan fingerprint density at radius 2 is 0.711 bits per heavy atom. The van der Waals surface area contributed by atoms with E-state index in [-0.39, 0.29) is 24.2 Å². The van der Waals surface area contributed by atoms with E-state index in [9.17, 15) is 8.42 Å². The summed E-state index contributed by atoms with van der Waals surface area (Å²) in [6.07, 6.45) is 3.11. The van der Waals surface area contributed by atoms with Gasteiger partial charge in [-0.2, -0.15) is 0 Å². The number of nitrogens with two attached hydrogens (primary N) is 2. The number of halogens is 1. The minimum absolute atomic E-state index is 0. The molecule has 0 aliphatic heterocycles. The van der Waals surface area contributed by atoms with E-state index in [2.05, 4.69) is 0 Å². The lowest BCUT2D eigenvalue weighted by Crippen LogP contribution is -2.28. The van der Waals surface area contributed by atoms with E-state index < -0.39 is 21.9 Å². The third-order valence-corrected chi connectivity index (χ3v) is 7.46. The molecule has 38 heavy (non-hydrogen) atoms. The quantitative estimate of drug-likeness (QED) is 0.250. The first-order chi connectivity index (χ1) is 17.9. The molecule has 4 aromatic rings. The molecule has 0 aliphatic rings. The molecule has 2 atom stereocenters. The van der Waals surface area contributed by atoms with Crippen molar-refractivity contribution in [3.63, 3.8) is 0 Å². The first-order valence-corrected chi connectivity index (χ1v) is 13.9. The van der Waals surface area contributed by atoms with Gasteiger partial charge in [-0.05, 0) is 22.3 Å². The van der Waals surface area contributed by atoms with Crippen molar-refractivity contribution in [1.29, 1.82) is 0 Å². The Hall–Kier alpha value is -3.48. The Morgan fingerprint density at radius 1 is 0.474 bits per heavy atom. The smallest absolute Gasteiger partial charge is 0.192 e. The van der Waals surface area contributed by atoms with Gasteiger partial charge in [0.15, 0.2) is 9.84 Å². The van der Waals surface area contributed by atoms with E-state index in [4.69, 9.17) is 11.5 Å². The number of rotatable bonds is 10. The third kappa shape index (κ3) is 7.76. The molecule has 0 heterocycles. The molecule has 0 spiro atoms. The summed E-state index contributed by atoms with van der Waals surface area (Å²) < 4.78 is 25.9. The Kier molecular flexibility index (Phi) is 10.6. The predicted octanol–water partition coefficient (Wildman–Crippen LogP) is 6.17. The fourth-order valence-electron chi connectivity index (χ4n) is 4.58. The molecule has 4 aromatic carbocycles. The zero-order chi connectivity index (χ0) is 26.1. The summed E-state index contributed by atoms with van der Waals surface area (Å²) in [5.74, 6) is -0.360. The van der Waals surface area contributed by atoms with Gasteiger partial charge in [0.2, 0.25) is 0 Å². The highest BCUT2D eigenvalue weighted by molar-refractivity contribution is 7.97. The van der Waals surface area contributed by atoms with Crippen molar-refractivity contribution in [2.45, 2.75) is 23.9 Å². The summed E-state index contributed by atoms with van der Waals surface area (Å²) in [6, 6.07) is 38.4. The van der Waals surface area contributed by atoms with Crippen molar-refractivity contribution in [1.82, 2.24) is 0 Å². The van der Waals surface area contributed by atoms with Gasteiger partial charge in [0.05, 0.1) is 0 Å². The second kappa shape index (κ2) is 13.9. The average Bonchev–Trinajstić information content (AvgIpc) is 2.94. The molecule has 0 saturated carbocycles. The highest BCUT2D eigenvalue weighted by Gasteiger charge is 2.22. The largest absolute Gasteiger partial charge is 0.324 e. The molecule has 0 aliphatic carbocycles. The monoisotopic (exact) mass is 544 g/mol. The van der Waals surface area contributed by atoms with Crippen LogP contribution in [0.2, 0.25) is 0 Å². The van der Waals surface area contributed by atoms with Crippen LogP contribution in [0, 0.1) is 0 Å². The van der Waals surface area contributed by atoms with E-state index in [1.807, 2.05) is 121 Å². The second-order valence-electron chi connectivity index (χ2n) is 9.00. The van der Waals surface area contributed by atoms with Crippen LogP contribution < -0.4 is 11.5 Å². The molecule has 0 bridgehead atoms. The second-order valence-corrected chi connectivity index (χ2v) is 10.7. The first kappa shape index (κ1) is 29.1. The van der Waals surface area contributed by atoms with Gasteiger partial charge in [0, 0.05) is 34.7 Å². The molecule has 196 valence electrons. The fraction of sp³-hybridized carbons (Fsp3) is 0.125. The molecular formula is C32H33ClN2O2S. The summed E-state index contributed by atoms with van der Waals surface area (Å²) in [5.41, 5.74) is 17.2. The van der Waals surface area contributed by atoms with Gasteiger partial charge in [-0.15, -0.1) is 12.4 Å². The van der Waals surface area contributed by atoms with Gasteiger partial charge >= 0.3 is 0 Å². The Labute approximate surface area is 232 Å². The van der Waals surface area contributed by atoms with Crippen LogP contribution in [0.3, 0.4) is 0 Å². The SMILES string of the molecule is Cl.N[C@H](C=CS(=O)(=O)C=C[C@@H](N)C(c1ccccc1)c1ccccc1)C(c1ccccc1)c1ccccc1. The Morgan fingerprint density at radius 3 is 0.947 bits per heavy atom. The Bertz CT molecular complexity index is 1230. The summed E-state index contributed by atoms with van der Waals surface area (Å²) in [6.45, 7) is 0. The van der Waals surface area contributed by atoms with Gasteiger partial charge < -0.3 is 11.5 Å². The van der Waals surface area contributed by atoms with Crippen LogP contribution in [-0.2, 0) is 9.84 Å². The molecule has 4 rings (SSSR count). The molecule has 4 nitrogen and oxygen atoms in total. The van der Waals surface area contributed by atoms with Gasteiger partial charge in [0.1, 0.15) is 0 Å². The Balaban J connectivity index is 0.00000400. The third-order valence-electron chi connectivity index (χ3n) is 6.39.